The van der Waals surface area contributed by atoms with E-state index in [1.165, 1.54) is 5.56 Å². The molecular weight excluding hydrogens is 204 g/mol. The molecule has 2 N–H and O–H groups in total. The summed E-state index contributed by atoms with van der Waals surface area (Å²) >= 11 is 5.11. The number of aryl methyl sites for hydroxylation is 1. The van der Waals surface area contributed by atoms with Gasteiger partial charge in [-0.3, -0.25) is 0 Å². The van der Waals surface area contributed by atoms with Crippen LogP contribution < -0.4 is 10.6 Å². The predicted octanol–water partition coefficient (Wildman–Crippen LogP) is 2.72. The first-order valence-corrected chi connectivity index (χ1v) is 5.41. The molecule has 3 heteroatoms. The van der Waals surface area contributed by atoms with Crippen molar-refractivity contribution >= 4 is 23.0 Å². The van der Waals surface area contributed by atoms with Crippen LogP contribution in [0.1, 0.15) is 12.5 Å². The molecule has 0 saturated carbocycles. The van der Waals surface area contributed by atoms with Crippen molar-refractivity contribution in [3.8, 4) is 0 Å². The number of benzene rings is 1. The Labute approximate surface area is 96.4 Å². The van der Waals surface area contributed by atoms with Gasteiger partial charge in [-0.1, -0.05) is 25.1 Å². The number of anilines is 1. The highest BCUT2D eigenvalue weighted by molar-refractivity contribution is 7.80. The van der Waals surface area contributed by atoms with E-state index in [9.17, 15) is 0 Å². The standard InChI is InChI=1S/C12H16N2S/c1-3-8-13-12(15)14-11-7-5-6-10(4-2)9-11/h3,5-7,9H,1,4,8H2,2H3,(H2,13,14,15). The first-order chi connectivity index (χ1) is 7.26. The Morgan fingerprint density at radius 3 is 3.00 bits per heavy atom. The fourth-order valence-electron chi connectivity index (χ4n) is 1.21. The Balaban J connectivity index is 2.55. The normalized spacial score (nSPS) is 9.40. The van der Waals surface area contributed by atoms with Crippen LogP contribution in [-0.4, -0.2) is 11.7 Å². The second-order valence-electron chi connectivity index (χ2n) is 3.18. The first kappa shape index (κ1) is 11.7. The lowest BCUT2D eigenvalue weighted by molar-refractivity contribution is 1.06. The van der Waals surface area contributed by atoms with Gasteiger partial charge in [-0.05, 0) is 36.3 Å². The quantitative estimate of drug-likeness (QED) is 0.602. The van der Waals surface area contributed by atoms with Crippen LogP contribution in [0.15, 0.2) is 36.9 Å². The van der Waals surface area contributed by atoms with Gasteiger partial charge in [0.1, 0.15) is 0 Å². The smallest absolute Gasteiger partial charge is 0.171 e. The summed E-state index contributed by atoms with van der Waals surface area (Å²) in [6.07, 6.45) is 2.80. The number of hydrogen-bond acceptors (Lipinski definition) is 1. The lowest BCUT2D eigenvalue weighted by Crippen LogP contribution is -2.28. The van der Waals surface area contributed by atoms with E-state index in [0.29, 0.717) is 11.7 Å². The minimum atomic E-state index is 0.628. The average Bonchev–Trinajstić information content (AvgIpc) is 2.26. The van der Waals surface area contributed by atoms with E-state index in [-0.39, 0.29) is 0 Å². The SMILES string of the molecule is C=CCNC(=S)Nc1cccc(CC)c1. The summed E-state index contributed by atoms with van der Waals surface area (Å²) < 4.78 is 0. The Morgan fingerprint density at radius 1 is 1.53 bits per heavy atom. The first-order valence-electron chi connectivity index (χ1n) is 5.01. The van der Waals surface area contributed by atoms with Crippen LogP contribution in [0.2, 0.25) is 0 Å². The molecule has 1 rings (SSSR count). The van der Waals surface area contributed by atoms with Gasteiger partial charge >= 0.3 is 0 Å². The van der Waals surface area contributed by atoms with Crippen molar-refractivity contribution in [3.05, 3.63) is 42.5 Å². The van der Waals surface area contributed by atoms with Crippen molar-refractivity contribution < 1.29 is 0 Å². The Hall–Kier alpha value is -1.35. The van der Waals surface area contributed by atoms with Crippen LogP contribution in [0, 0.1) is 0 Å². The van der Waals surface area contributed by atoms with Crippen LogP contribution in [0.25, 0.3) is 0 Å². The summed E-state index contributed by atoms with van der Waals surface area (Å²) in [7, 11) is 0. The summed E-state index contributed by atoms with van der Waals surface area (Å²) in [6, 6.07) is 8.23. The molecule has 0 radical (unpaired) electrons. The largest absolute Gasteiger partial charge is 0.359 e. The summed E-state index contributed by atoms with van der Waals surface area (Å²) in [6.45, 7) is 6.43. The Kier molecular flexibility index (Phi) is 4.84. The van der Waals surface area contributed by atoms with Crippen molar-refractivity contribution in [1.29, 1.82) is 0 Å². The van der Waals surface area contributed by atoms with Gasteiger partial charge in [-0.25, -0.2) is 0 Å². The summed E-state index contributed by atoms with van der Waals surface area (Å²) in [5.74, 6) is 0. The van der Waals surface area contributed by atoms with E-state index in [2.05, 4.69) is 36.3 Å². The maximum absolute atomic E-state index is 5.11. The van der Waals surface area contributed by atoms with Gasteiger partial charge in [0.05, 0.1) is 0 Å². The molecule has 0 saturated heterocycles. The van der Waals surface area contributed by atoms with Gasteiger partial charge in [0.25, 0.3) is 0 Å². The molecule has 0 spiro atoms. The number of rotatable bonds is 4. The van der Waals surface area contributed by atoms with Crippen molar-refractivity contribution in [3.63, 3.8) is 0 Å². The molecule has 0 atom stereocenters. The van der Waals surface area contributed by atoms with E-state index < -0.39 is 0 Å². The molecule has 1 aromatic carbocycles. The van der Waals surface area contributed by atoms with Gasteiger partial charge in [0.2, 0.25) is 0 Å². The molecule has 0 heterocycles. The number of nitrogens with one attached hydrogen (secondary N) is 2. The highest BCUT2D eigenvalue weighted by Gasteiger charge is 1.96. The van der Waals surface area contributed by atoms with Crippen molar-refractivity contribution in [2.75, 3.05) is 11.9 Å². The van der Waals surface area contributed by atoms with Crippen molar-refractivity contribution in [2.24, 2.45) is 0 Å². The van der Waals surface area contributed by atoms with Gasteiger partial charge in [0.15, 0.2) is 5.11 Å². The number of thiocarbonyl (C=S) groups is 1. The maximum Gasteiger partial charge on any atom is 0.171 e. The second kappa shape index (κ2) is 6.19. The highest BCUT2D eigenvalue weighted by atomic mass is 32.1. The summed E-state index contributed by atoms with van der Waals surface area (Å²) in [4.78, 5) is 0. The third-order valence-electron chi connectivity index (χ3n) is 2.00. The van der Waals surface area contributed by atoms with Crippen LogP contribution in [0.5, 0.6) is 0 Å². The molecule has 0 unspecified atom stereocenters. The fraction of sp³-hybridized carbons (Fsp3) is 0.250. The summed E-state index contributed by atoms with van der Waals surface area (Å²) in [5, 5.41) is 6.77. The molecule has 0 aromatic heterocycles. The summed E-state index contributed by atoms with van der Waals surface area (Å²) in [5.41, 5.74) is 2.32. The minimum Gasteiger partial charge on any atom is -0.359 e. The fourth-order valence-corrected chi connectivity index (χ4v) is 1.41. The topological polar surface area (TPSA) is 24.1 Å². The highest BCUT2D eigenvalue weighted by Crippen LogP contribution is 2.10. The van der Waals surface area contributed by atoms with E-state index in [0.717, 1.165) is 12.1 Å². The predicted molar refractivity (Wildman–Crippen MR) is 70.2 cm³/mol. The molecule has 0 aliphatic carbocycles. The Morgan fingerprint density at radius 2 is 2.33 bits per heavy atom. The molecule has 80 valence electrons. The van der Waals surface area contributed by atoms with Gasteiger partial charge in [-0.2, -0.15) is 0 Å². The van der Waals surface area contributed by atoms with E-state index >= 15 is 0 Å². The zero-order chi connectivity index (χ0) is 11.1. The minimum absolute atomic E-state index is 0.628. The lowest BCUT2D eigenvalue weighted by Gasteiger charge is -2.09. The maximum atomic E-state index is 5.11. The lowest BCUT2D eigenvalue weighted by atomic mass is 10.1. The van der Waals surface area contributed by atoms with Crippen LogP contribution >= 0.6 is 12.2 Å². The van der Waals surface area contributed by atoms with Crippen molar-refractivity contribution in [1.82, 2.24) is 5.32 Å². The number of hydrogen-bond donors (Lipinski definition) is 2. The van der Waals surface area contributed by atoms with Crippen molar-refractivity contribution in [2.45, 2.75) is 13.3 Å². The zero-order valence-corrected chi connectivity index (χ0v) is 9.73. The van der Waals surface area contributed by atoms with Crippen LogP contribution in [-0.2, 0) is 6.42 Å². The third-order valence-corrected chi connectivity index (χ3v) is 2.25. The molecule has 0 bridgehead atoms. The molecule has 1 aromatic rings. The average molecular weight is 220 g/mol. The van der Waals surface area contributed by atoms with Crippen LogP contribution in [0.4, 0.5) is 5.69 Å². The van der Waals surface area contributed by atoms with E-state index in [1.54, 1.807) is 6.08 Å². The molecular formula is C12H16N2S. The van der Waals surface area contributed by atoms with E-state index in [4.69, 9.17) is 12.2 Å². The van der Waals surface area contributed by atoms with Gasteiger partial charge < -0.3 is 10.6 Å². The van der Waals surface area contributed by atoms with Gasteiger partial charge in [-0.15, -0.1) is 6.58 Å². The molecule has 0 amide bonds. The second-order valence-corrected chi connectivity index (χ2v) is 3.59. The van der Waals surface area contributed by atoms with Crippen LogP contribution in [0.3, 0.4) is 0 Å². The van der Waals surface area contributed by atoms with Gasteiger partial charge in [0, 0.05) is 12.2 Å². The van der Waals surface area contributed by atoms with E-state index in [1.807, 2.05) is 12.1 Å². The molecule has 0 aliphatic heterocycles. The zero-order valence-electron chi connectivity index (χ0n) is 8.92. The molecule has 2 nitrogen and oxygen atoms in total. The Bertz CT molecular complexity index is 347. The monoisotopic (exact) mass is 220 g/mol. The molecule has 0 aliphatic rings. The molecule has 0 fully saturated rings. The third kappa shape index (κ3) is 4.13. The molecule has 15 heavy (non-hydrogen) atoms.